The van der Waals surface area contributed by atoms with Crippen molar-refractivity contribution in [3.63, 3.8) is 0 Å². The van der Waals surface area contributed by atoms with E-state index < -0.39 is 0 Å². The van der Waals surface area contributed by atoms with Gasteiger partial charge in [-0.05, 0) is 24.3 Å². The van der Waals surface area contributed by atoms with Gasteiger partial charge in [0.25, 0.3) is 0 Å². The number of thiophene rings is 1. The lowest BCUT2D eigenvalue weighted by molar-refractivity contribution is 0.602. The normalized spacial score (nSPS) is 10.8. The molecule has 2 aromatic heterocycles. The Morgan fingerprint density at radius 2 is 2.00 bits per heavy atom. The molecular weight excluding hydrogens is 220 g/mol. The van der Waals surface area contributed by atoms with Crippen molar-refractivity contribution < 1.29 is 0 Å². The first-order valence-corrected chi connectivity index (χ1v) is 6.47. The number of hydrogen-bond acceptors (Lipinski definition) is 2. The van der Waals surface area contributed by atoms with E-state index in [0.29, 0.717) is 0 Å². The number of aryl methyl sites for hydroxylation is 3. The van der Waals surface area contributed by atoms with Gasteiger partial charge in [0.1, 0.15) is 0 Å². The molecule has 2 heterocycles. The maximum atomic E-state index is 11.8. The van der Waals surface area contributed by atoms with E-state index in [-0.39, 0.29) is 5.69 Å². The lowest BCUT2D eigenvalue weighted by Gasteiger charge is -2.00. The zero-order valence-corrected chi connectivity index (χ0v) is 10.2. The molecule has 0 unspecified atom stereocenters. The van der Waals surface area contributed by atoms with E-state index in [1.165, 1.54) is 4.88 Å². The number of imidazole rings is 1. The summed E-state index contributed by atoms with van der Waals surface area (Å²) in [5, 5.41) is 2.07. The fraction of sp³-hybridized carbons (Fsp3) is 0.417. The Labute approximate surface area is 99.0 Å². The molecule has 0 aliphatic carbocycles. The van der Waals surface area contributed by atoms with Crippen LogP contribution < -0.4 is 5.69 Å². The average molecular weight is 236 g/mol. The molecule has 0 aromatic carbocycles. The van der Waals surface area contributed by atoms with Crippen LogP contribution in [0.5, 0.6) is 0 Å². The van der Waals surface area contributed by atoms with Gasteiger partial charge < -0.3 is 0 Å². The molecule has 0 amide bonds. The van der Waals surface area contributed by atoms with Crippen molar-refractivity contribution in [2.24, 2.45) is 0 Å². The Morgan fingerprint density at radius 1 is 1.25 bits per heavy atom. The van der Waals surface area contributed by atoms with Gasteiger partial charge in [-0.15, -0.1) is 11.3 Å². The smallest absolute Gasteiger partial charge is 0.299 e. The SMILES string of the molecule is CCCn1ccn(CCc2cccs2)c1=O. The summed E-state index contributed by atoms with van der Waals surface area (Å²) in [4.78, 5) is 13.2. The Kier molecular flexibility index (Phi) is 3.62. The van der Waals surface area contributed by atoms with Crippen LogP contribution in [0, 0.1) is 0 Å². The van der Waals surface area contributed by atoms with Gasteiger partial charge in [-0.1, -0.05) is 13.0 Å². The number of aromatic nitrogens is 2. The van der Waals surface area contributed by atoms with Gasteiger partial charge in [0.05, 0.1) is 0 Å². The minimum Gasteiger partial charge on any atom is -0.299 e. The summed E-state index contributed by atoms with van der Waals surface area (Å²) < 4.78 is 3.56. The summed E-state index contributed by atoms with van der Waals surface area (Å²) in [6.07, 6.45) is 5.69. The van der Waals surface area contributed by atoms with E-state index in [2.05, 4.69) is 18.4 Å². The van der Waals surface area contributed by atoms with E-state index in [0.717, 1.165) is 25.9 Å². The van der Waals surface area contributed by atoms with Gasteiger partial charge in [-0.25, -0.2) is 4.79 Å². The monoisotopic (exact) mass is 236 g/mol. The Hall–Kier alpha value is -1.29. The van der Waals surface area contributed by atoms with Gasteiger partial charge >= 0.3 is 5.69 Å². The number of hydrogen-bond donors (Lipinski definition) is 0. The first-order chi connectivity index (χ1) is 7.81. The quantitative estimate of drug-likeness (QED) is 0.783. The third kappa shape index (κ3) is 2.44. The molecule has 0 aliphatic heterocycles. The van der Waals surface area contributed by atoms with Gasteiger partial charge in [0, 0.05) is 30.4 Å². The predicted molar refractivity (Wildman–Crippen MR) is 67.0 cm³/mol. The first-order valence-electron chi connectivity index (χ1n) is 5.59. The highest BCUT2D eigenvalue weighted by atomic mass is 32.1. The minimum absolute atomic E-state index is 0.110. The maximum Gasteiger partial charge on any atom is 0.328 e. The van der Waals surface area contributed by atoms with Crippen LogP contribution in [0.4, 0.5) is 0 Å². The molecule has 0 saturated heterocycles. The average Bonchev–Trinajstić information content (AvgIpc) is 2.89. The number of nitrogens with zero attached hydrogens (tertiary/aromatic N) is 2. The standard InChI is InChI=1S/C12H16N2OS/c1-2-6-13-8-9-14(12(13)15)7-5-11-4-3-10-16-11/h3-4,8-10H,2,5-7H2,1H3. The highest BCUT2D eigenvalue weighted by Gasteiger charge is 2.02. The van der Waals surface area contributed by atoms with Crippen LogP contribution in [0.15, 0.2) is 34.7 Å². The summed E-state index contributed by atoms with van der Waals surface area (Å²) in [5.41, 5.74) is 0.110. The predicted octanol–water partition coefficient (Wildman–Crippen LogP) is 2.36. The lowest BCUT2D eigenvalue weighted by Crippen LogP contribution is -2.24. The summed E-state index contributed by atoms with van der Waals surface area (Å²) in [6, 6.07) is 4.16. The molecule has 3 nitrogen and oxygen atoms in total. The molecule has 16 heavy (non-hydrogen) atoms. The van der Waals surface area contributed by atoms with Gasteiger partial charge in [0.15, 0.2) is 0 Å². The van der Waals surface area contributed by atoms with Crippen LogP contribution >= 0.6 is 11.3 Å². The van der Waals surface area contributed by atoms with Crippen molar-refractivity contribution in [3.05, 3.63) is 45.3 Å². The molecule has 0 radical (unpaired) electrons. The molecule has 0 saturated carbocycles. The molecule has 0 bridgehead atoms. The topological polar surface area (TPSA) is 26.9 Å². The molecule has 4 heteroatoms. The fourth-order valence-electron chi connectivity index (χ4n) is 1.72. The lowest BCUT2D eigenvalue weighted by atomic mass is 10.3. The van der Waals surface area contributed by atoms with Crippen LogP contribution in [0.3, 0.4) is 0 Å². The Morgan fingerprint density at radius 3 is 2.62 bits per heavy atom. The van der Waals surface area contributed by atoms with E-state index in [4.69, 9.17) is 0 Å². The van der Waals surface area contributed by atoms with Crippen LogP contribution in [0.1, 0.15) is 18.2 Å². The molecule has 0 aliphatic rings. The van der Waals surface area contributed by atoms with Crippen LogP contribution in [0.25, 0.3) is 0 Å². The van der Waals surface area contributed by atoms with Crippen LogP contribution in [0.2, 0.25) is 0 Å². The zero-order chi connectivity index (χ0) is 11.4. The second-order valence-electron chi connectivity index (χ2n) is 3.80. The molecule has 0 N–H and O–H groups in total. The van der Waals surface area contributed by atoms with Crippen LogP contribution in [-0.4, -0.2) is 9.13 Å². The molecule has 0 fully saturated rings. The minimum atomic E-state index is 0.110. The van der Waals surface area contributed by atoms with Crippen LogP contribution in [-0.2, 0) is 19.5 Å². The molecule has 2 aromatic rings. The van der Waals surface area contributed by atoms with E-state index in [1.807, 2.05) is 18.5 Å². The van der Waals surface area contributed by atoms with Crippen molar-refractivity contribution >= 4 is 11.3 Å². The third-order valence-electron chi connectivity index (χ3n) is 2.56. The van der Waals surface area contributed by atoms with E-state index in [9.17, 15) is 4.79 Å². The van der Waals surface area contributed by atoms with E-state index in [1.54, 1.807) is 20.5 Å². The van der Waals surface area contributed by atoms with Gasteiger partial charge in [0.2, 0.25) is 0 Å². The number of rotatable bonds is 5. The molecule has 2 rings (SSSR count). The highest BCUT2D eigenvalue weighted by Crippen LogP contribution is 2.09. The van der Waals surface area contributed by atoms with Crippen molar-refractivity contribution in [3.8, 4) is 0 Å². The second kappa shape index (κ2) is 5.16. The fourth-order valence-corrected chi connectivity index (χ4v) is 2.42. The summed E-state index contributed by atoms with van der Waals surface area (Å²) >= 11 is 1.74. The van der Waals surface area contributed by atoms with Gasteiger partial charge in [-0.2, -0.15) is 0 Å². The van der Waals surface area contributed by atoms with E-state index >= 15 is 0 Å². The maximum absolute atomic E-state index is 11.8. The highest BCUT2D eigenvalue weighted by molar-refractivity contribution is 7.09. The zero-order valence-electron chi connectivity index (χ0n) is 9.43. The van der Waals surface area contributed by atoms with Crippen molar-refractivity contribution in [1.82, 2.24) is 9.13 Å². The van der Waals surface area contributed by atoms with Crippen molar-refractivity contribution in [2.45, 2.75) is 32.9 Å². The van der Waals surface area contributed by atoms with Crippen molar-refractivity contribution in [1.29, 1.82) is 0 Å². The molecule has 0 spiro atoms. The molecular formula is C12H16N2OS. The Bertz CT molecular complexity index is 481. The summed E-state index contributed by atoms with van der Waals surface area (Å²) in [6.45, 7) is 3.66. The summed E-state index contributed by atoms with van der Waals surface area (Å²) in [7, 11) is 0. The first kappa shape index (κ1) is 11.2. The van der Waals surface area contributed by atoms with Gasteiger partial charge in [-0.3, -0.25) is 9.13 Å². The summed E-state index contributed by atoms with van der Waals surface area (Å²) in [5.74, 6) is 0. The Balaban J connectivity index is 2.02. The largest absolute Gasteiger partial charge is 0.328 e. The second-order valence-corrected chi connectivity index (χ2v) is 4.83. The molecule has 0 atom stereocenters. The third-order valence-corrected chi connectivity index (χ3v) is 3.50. The molecule has 86 valence electrons. The van der Waals surface area contributed by atoms with Crippen molar-refractivity contribution in [2.75, 3.05) is 0 Å².